The Morgan fingerprint density at radius 3 is 2.43 bits per heavy atom. The average molecular weight is 374 g/mol. The zero-order chi connectivity index (χ0) is 19.5. The lowest BCUT2D eigenvalue weighted by molar-refractivity contribution is -0.115. The van der Waals surface area contributed by atoms with Crippen LogP contribution in [0.3, 0.4) is 0 Å². The van der Waals surface area contributed by atoms with E-state index < -0.39 is 6.23 Å². The summed E-state index contributed by atoms with van der Waals surface area (Å²) in [7, 11) is 0. The third-order valence-corrected chi connectivity index (χ3v) is 4.88. The first-order valence-corrected chi connectivity index (χ1v) is 9.36. The topological polar surface area (TPSA) is 86.6 Å². The molecule has 0 aliphatic carbocycles. The Balaban J connectivity index is 1.84. The van der Waals surface area contributed by atoms with Crippen LogP contribution >= 0.6 is 0 Å². The van der Waals surface area contributed by atoms with Gasteiger partial charge in [0.2, 0.25) is 0 Å². The summed E-state index contributed by atoms with van der Waals surface area (Å²) in [5.74, 6) is -0.518. The van der Waals surface area contributed by atoms with Crippen LogP contribution in [0, 0.1) is 5.41 Å². The van der Waals surface area contributed by atoms with Crippen LogP contribution in [0.1, 0.15) is 24.0 Å². The van der Waals surface area contributed by atoms with Crippen LogP contribution in [0.15, 0.2) is 77.1 Å². The number of ether oxygens (including phenoxy) is 1. The molecule has 28 heavy (non-hydrogen) atoms. The van der Waals surface area contributed by atoms with Gasteiger partial charge in [0, 0.05) is 18.7 Å². The lowest BCUT2D eigenvalue weighted by Crippen LogP contribution is -2.42. The zero-order valence-corrected chi connectivity index (χ0v) is 15.6. The molecule has 0 bridgehead atoms. The predicted octanol–water partition coefficient (Wildman–Crippen LogP) is 2.74. The van der Waals surface area contributed by atoms with E-state index >= 15 is 0 Å². The molecule has 6 heteroatoms. The highest BCUT2D eigenvalue weighted by Crippen LogP contribution is 2.30. The van der Waals surface area contributed by atoms with Gasteiger partial charge >= 0.3 is 0 Å². The number of amidine groups is 1. The molecule has 2 aromatic rings. The first-order chi connectivity index (χ1) is 13.7. The van der Waals surface area contributed by atoms with Crippen LogP contribution < -0.4 is 10.6 Å². The quantitative estimate of drug-likeness (QED) is 0.752. The van der Waals surface area contributed by atoms with E-state index in [1.54, 1.807) is 0 Å². The lowest BCUT2D eigenvalue weighted by Gasteiger charge is -2.29. The highest BCUT2D eigenvalue weighted by atomic mass is 16.5. The Morgan fingerprint density at radius 1 is 1.07 bits per heavy atom. The molecule has 0 saturated heterocycles. The molecule has 3 N–H and O–H groups in total. The maximum atomic E-state index is 12.4. The smallest absolute Gasteiger partial charge is 0.277 e. The van der Waals surface area contributed by atoms with Crippen LogP contribution in [-0.4, -0.2) is 30.3 Å². The van der Waals surface area contributed by atoms with Crippen LogP contribution in [0.5, 0.6) is 0 Å². The Hall–Kier alpha value is -3.25. The number of nitrogens with zero attached hydrogens (tertiary/aromatic N) is 1. The summed E-state index contributed by atoms with van der Waals surface area (Å²) >= 11 is 0. The third kappa shape index (κ3) is 3.46. The van der Waals surface area contributed by atoms with Crippen molar-refractivity contribution in [3.05, 3.63) is 83.2 Å². The maximum absolute atomic E-state index is 12.4. The fraction of sp³-hybridized carbons (Fsp3) is 0.227. The molecule has 0 fully saturated rings. The fourth-order valence-corrected chi connectivity index (χ4v) is 3.63. The van der Waals surface area contributed by atoms with E-state index in [1.807, 2.05) is 67.6 Å². The van der Waals surface area contributed by atoms with Gasteiger partial charge in [-0.15, -0.1) is 0 Å². The van der Waals surface area contributed by atoms with Crippen molar-refractivity contribution in [2.75, 3.05) is 6.61 Å². The molecule has 6 nitrogen and oxygen atoms in total. The van der Waals surface area contributed by atoms with E-state index in [1.165, 1.54) is 0 Å². The average Bonchev–Trinajstić information content (AvgIpc) is 2.87. The second-order valence-electron chi connectivity index (χ2n) is 6.73. The van der Waals surface area contributed by atoms with Crippen LogP contribution in [0.4, 0.5) is 0 Å². The van der Waals surface area contributed by atoms with Gasteiger partial charge < -0.3 is 15.4 Å². The van der Waals surface area contributed by atoms with Gasteiger partial charge in [0.05, 0.1) is 5.92 Å². The maximum Gasteiger partial charge on any atom is 0.277 e. The molecular weight excluding hydrogens is 352 g/mol. The number of hydrogen-bond donors (Lipinski definition) is 3. The predicted molar refractivity (Wildman–Crippen MR) is 108 cm³/mol. The van der Waals surface area contributed by atoms with Gasteiger partial charge in [0.1, 0.15) is 11.9 Å². The van der Waals surface area contributed by atoms with Crippen LogP contribution in [0.25, 0.3) is 0 Å². The van der Waals surface area contributed by atoms with Crippen molar-refractivity contribution in [1.82, 2.24) is 10.6 Å². The molecular formula is C22H22N4O2. The fourth-order valence-electron chi connectivity index (χ4n) is 3.63. The second kappa shape index (κ2) is 7.78. The van der Waals surface area contributed by atoms with E-state index in [0.717, 1.165) is 16.8 Å². The Morgan fingerprint density at radius 2 is 1.75 bits per heavy atom. The molecule has 2 atom stereocenters. The summed E-state index contributed by atoms with van der Waals surface area (Å²) in [6.45, 7) is 2.43. The van der Waals surface area contributed by atoms with Crippen molar-refractivity contribution in [3.63, 3.8) is 0 Å². The van der Waals surface area contributed by atoms with E-state index in [9.17, 15) is 4.79 Å². The van der Waals surface area contributed by atoms with Gasteiger partial charge in [-0.3, -0.25) is 10.2 Å². The Kier molecular flexibility index (Phi) is 5.04. The Labute approximate surface area is 163 Å². The van der Waals surface area contributed by atoms with Gasteiger partial charge in [-0.1, -0.05) is 60.7 Å². The van der Waals surface area contributed by atoms with Gasteiger partial charge in [-0.05, 0) is 18.1 Å². The molecule has 0 saturated carbocycles. The zero-order valence-electron chi connectivity index (χ0n) is 15.6. The minimum absolute atomic E-state index is 0.0289. The van der Waals surface area contributed by atoms with Crippen LogP contribution in [-0.2, 0) is 16.0 Å². The third-order valence-electron chi connectivity index (χ3n) is 4.88. The standard InChI is InChI=1S/C22H22N4O2/c1-2-28-22-17(15-11-7-4-8-12-15)16(13-14-9-5-3-6-10-14)24-19-18(25-22)20(23)26-21(19)27/h3-12,17,22,25H,2,13H2,1H3,(H2,23,26,27). The monoisotopic (exact) mass is 374 g/mol. The highest BCUT2D eigenvalue weighted by molar-refractivity contribution is 6.21. The minimum Gasteiger partial charge on any atom is -0.358 e. The molecule has 0 radical (unpaired) electrons. The van der Waals surface area contributed by atoms with Crippen molar-refractivity contribution in [2.24, 2.45) is 4.99 Å². The summed E-state index contributed by atoms with van der Waals surface area (Å²) in [5.41, 5.74) is 3.64. The number of carbonyl (C=O) groups excluding carboxylic acids is 1. The van der Waals surface area contributed by atoms with E-state index in [2.05, 4.69) is 10.6 Å². The molecule has 2 aliphatic heterocycles. The van der Waals surface area contributed by atoms with Gasteiger partial charge in [-0.25, -0.2) is 4.99 Å². The number of aliphatic imine (C=N–C) groups is 1. The van der Waals surface area contributed by atoms with Crippen molar-refractivity contribution < 1.29 is 9.53 Å². The number of hydrogen-bond acceptors (Lipinski definition) is 5. The van der Waals surface area contributed by atoms with Crippen molar-refractivity contribution >= 4 is 17.5 Å². The molecule has 2 aromatic carbocycles. The number of benzene rings is 2. The van der Waals surface area contributed by atoms with E-state index in [0.29, 0.717) is 18.7 Å². The van der Waals surface area contributed by atoms with E-state index in [-0.39, 0.29) is 23.4 Å². The number of nitrogens with one attached hydrogen (secondary N) is 3. The first kappa shape index (κ1) is 18.1. The molecule has 2 heterocycles. The summed E-state index contributed by atoms with van der Waals surface area (Å²) in [6.07, 6.45) is 0.152. The molecule has 4 rings (SSSR count). The second-order valence-corrected chi connectivity index (χ2v) is 6.73. The number of carbonyl (C=O) groups is 1. The van der Waals surface area contributed by atoms with E-state index in [4.69, 9.17) is 15.1 Å². The van der Waals surface area contributed by atoms with Crippen molar-refractivity contribution in [2.45, 2.75) is 25.5 Å². The SMILES string of the molecule is CCOC1NC2=C(N=C(Cc3ccccc3)C1c1ccccc1)C(=O)NC2=N. The molecule has 1 amide bonds. The number of amides is 1. The molecule has 142 valence electrons. The first-order valence-electron chi connectivity index (χ1n) is 9.36. The van der Waals surface area contributed by atoms with Gasteiger partial charge in [0.25, 0.3) is 5.91 Å². The minimum atomic E-state index is -0.435. The largest absolute Gasteiger partial charge is 0.358 e. The van der Waals surface area contributed by atoms with Crippen molar-refractivity contribution in [1.29, 1.82) is 5.41 Å². The van der Waals surface area contributed by atoms with Gasteiger partial charge in [-0.2, -0.15) is 0 Å². The summed E-state index contributed by atoms with van der Waals surface area (Å²) in [4.78, 5) is 17.1. The Bertz CT molecular complexity index is 951. The number of rotatable bonds is 5. The normalized spacial score (nSPS) is 21.5. The lowest BCUT2D eigenvalue weighted by atomic mass is 9.88. The van der Waals surface area contributed by atoms with Crippen molar-refractivity contribution in [3.8, 4) is 0 Å². The summed E-state index contributed by atoms with van der Waals surface area (Å²) < 4.78 is 6.03. The van der Waals surface area contributed by atoms with Gasteiger partial charge in [0.15, 0.2) is 11.5 Å². The molecule has 2 unspecified atom stereocenters. The summed E-state index contributed by atoms with van der Waals surface area (Å²) in [5, 5.41) is 13.9. The summed E-state index contributed by atoms with van der Waals surface area (Å²) in [6, 6.07) is 20.1. The molecule has 2 aliphatic rings. The highest BCUT2D eigenvalue weighted by Gasteiger charge is 2.38. The molecule has 0 spiro atoms. The molecule has 0 aromatic heterocycles. The van der Waals surface area contributed by atoms with Crippen LogP contribution in [0.2, 0.25) is 0 Å².